The molecule has 0 bridgehead atoms. The minimum atomic E-state index is -0.589. The van der Waals surface area contributed by atoms with E-state index in [0.717, 1.165) is 11.4 Å². The van der Waals surface area contributed by atoms with Crippen molar-refractivity contribution in [3.05, 3.63) is 22.8 Å². The summed E-state index contributed by atoms with van der Waals surface area (Å²) in [6.07, 6.45) is -0.589. The van der Waals surface area contributed by atoms with Crippen molar-refractivity contribution in [2.24, 2.45) is 0 Å². The van der Waals surface area contributed by atoms with Gasteiger partial charge in [0.15, 0.2) is 5.82 Å². The average Bonchev–Trinajstić information content (AvgIpc) is 2.01. The maximum Gasteiger partial charge on any atom is 0.157 e. The Morgan fingerprint density at radius 3 is 1.71 bits per heavy atom. The second-order valence-electron chi connectivity index (χ2n) is 4.00. The largest absolute Gasteiger partial charge is 0.385 e. The highest BCUT2D eigenvalue weighted by molar-refractivity contribution is 5.27. The molecule has 0 spiro atoms. The lowest BCUT2D eigenvalue weighted by atomic mass is 10.00. The van der Waals surface area contributed by atoms with Gasteiger partial charge >= 0.3 is 0 Å². The number of rotatable bonds is 2. The first-order chi connectivity index (χ1) is 6.43. The van der Waals surface area contributed by atoms with Crippen molar-refractivity contribution in [2.75, 3.05) is 0 Å². The number of aliphatic hydroxyl groups is 1. The van der Waals surface area contributed by atoms with E-state index in [9.17, 15) is 5.11 Å². The molecule has 1 unspecified atom stereocenters. The van der Waals surface area contributed by atoms with E-state index in [4.69, 9.17) is 0 Å². The van der Waals surface area contributed by atoms with Gasteiger partial charge in [-0.15, -0.1) is 0 Å². The van der Waals surface area contributed by atoms with Gasteiger partial charge in [-0.25, -0.2) is 9.97 Å². The summed E-state index contributed by atoms with van der Waals surface area (Å²) in [6, 6.07) is 0. The van der Waals surface area contributed by atoms with Gasteiger partial charge in [-0.1, -0.05) is 13.8 Å². The molecule has 0 fully saturated rings. The standard InChI is InChI=1S/C11H18N2O/c1-6(2)10-7(3)12-11(9(5)14)13-8(10)4/h6,9,14H,1-5H3. The fourth-order valence-corrected chi connectivity index (χ4v) is 1.77. The molecule has 0 radical (unpaired) electrons. The quantitative estimate of drug-likeness (QED) is 0.785. The third-order valence-electron chi connectivity index (χ3n) is 2.30. The van der Waals surface area contributed by atoms with Crippen molar-refractivity contribution in [3.63, 3.8) is 0 Å². The molecule has 1 heterocycles. The highest BCUT2D eigenvalue weighted by atomic mass is 16.3. The van der Waals surface area contributed by atoms with Crippen molar-refractivity contribution in [1.29, 1.82) is 0 Å². The SMILES string of the molecule is Cc1nc(C(C)O)nc(C)c1C(C)C. The maximum absolute atomic E-state index is 9.38. The number of aliphatic hydroxyl groups excluding tert-OH is 1. The van der Waals surface area contributed by atoms with Crippen molar-refractivity contribution in [1.82, 2.24) is 9.97 Å². The molecule has 14 heavy (non-hydrogen) atoms. The Labute approximate surface area is 85.2 Å². The molecular weight excluding hydrogens is 176 g/mol. The van der Waals surface area contributed by atoms with Gasteiger partial charge < -0.3 is 5.11 Å². The zero-order valence-corrected chi connectivity index (χ0v) is 9.50. The van der Waals surface area contributed by atoms with Crippen molar-refractivity contribution in [3.8, 4) is 0 Å². The summed E-state index contributed by atoms with van der Waals surface area (Å²) in [7, 11) is 0. The number of aromatic nitrogens is 2. The molecular formula is C11H18N2O. The molecule has 1 rings (SSSR count). The predicted octanol–water partition coefficient (Wildman–Crippen LogP) is 2.27. The third-order valence-corrected chi connectivity index (χ3v) is 2.30. The molecule has 0 aliphatic heterocycles. The van der Waals surface area contributed by atoms with Crippen LogP contribution in [0, 0.1) is 13.8 Å². The van der Waals surface area contributed by atoms with Crippen LogP contribution in [-0.4, -0.2) is 15.1 Å². The van der Waals surface area contributed by atoms with E-state index < -0.39 is 6.10 Å². The summed E-state index contributed by atoms with van der Waals surface area (Å²) >= 11 is 0. The highest BCUT2D eigenvalue weighted by Crippen LogP contribution is 2.21. The highest BCUT2D eigenvalue weighted by Gasteiger charge is 2.13. The van der Waals surface area contributed by atoms with Gasteiger partial charge in [0.2, 0.25) is 0 Å². The Balaban J connectivity index is 3.25. The van der Waals surface area contributed by atoms with Crippen LogP contribution in [0.15, 0.2) is 0 Å². The minimum Gasteiger partial charge on any atom is -0.385 e. The van der Waals surface area contributed by atoms with Crippen LogP contribution in [-0.2, 0) is 0 Å². The minimum absolute atomic E-state index is 0.429. The zero-order chi connectivity index (χ0) is 10.9. The van der Waals surface area contributed by atoms with Gasteiger partial charge in [0, 0.05) is 11.4 Å². The molecule has 0 aliphatic rings. The van der Waals surface area contributed by atoms with E-state index >= 15 is 0 Å². The Kier molecular flexibility index (Phi) is 3.21. The first-order valence-corrected chi connectivity index (χ1v) is 4.96. The summed E-state index contributed by atoms with van der Waals surface area (Å²) in [5.74, 6) is 0.947. The summed E-state index contributed by atoms with van der Waals surface area (Å²) in [6.45, 7) is 9.87. The van der Waals surface area contributed by atoms with Gasteiger partial charge in [0.05, 0.1) is 0 Å². The van der Waals surface area contributed by atoms with Crippen LogP contribution in [0.3, 0.4) is 0 Å². The molecule has 0 aliphatic carbocycles. The second-order valence-corrected chi connectivity index (χ2v) is 4.00. The summed E-state index contributed by atoms with van der Waals surface area (Å²) in [5.41, 5.74) is 3.14. The molecule has 1 N–H and O–H groups in total. The molecule has 0 amide bonds. The number of hydrogen-bond acceptors (Lipinski definition) is 3. The first-order valence-electron chi connectivity index (χ1n) is 4.96. The van der Waals surface area contributed by atoms with Crippen LogP contribution < -0.4 is 0 Å². The molecule has 1 atom stereocenters. The molecule has 0 saturated carbocycles. The maximum atomic E-state index is 9.38. The lowest BCUT2D eigenvalue weighted by Gasteiger charge is -2.14. The molecule has 3 heteroatoms. The Bertz CT molecular complexity index is 309. The first kappa shape index (κ1) is 11.1. The zero-order valence-electron chi connectivity index (χ0n) is 9.50. The Morgan fingerprint density at radius 1 is 1.00 bits per heavy atom. The van der Waals surface area contributed by atoms with Crippen molar-refractivity contribution < 1.29 is 5.11 Å². The van der Waals surface area contributed by atoms with E-state index in [-0.39, 0.29) is 0 Å². The molecule has 0 saturated heterocycles. The third kappa shape index (κ3) is 2.10. The van der Waals surface area contributed by atoms with Crippen LogP contribution in [0.25, 0.3) is 0 Å². The number of nitrogens with zero attached hydrogens (tertiary/aromatic N) is 2. The summed E-state index contributed by atoms with van der Waals surface area (Å²) < 4.78 is 0. The fourth-order valence-electron chi connectivity index (χ4n) is 1.77. The van der Waals surface area contributed by atoms with Gasteiger partial charge in [0.25, 0.3) is 0 Å². The molecule has 3 nitrogen and oxygen atoms in total. The van der Waals surface area contributed by atoms with Crippen LogP contribution in [0.5, 0.6) is 0 Å². The van der Waals surface area contributed by atoms with Crippen molar-refractivity contribution >= 4 is 0 Å². The van der Waals surface area contributed by atoms with E-state index in [0.29, 0.717) is 11.7 Å². The second kappa shape index (κ2) is 4.05. The molecule has 1 aromatic rings. The average molecular weight is 194 g/mol. The molecule has 1 aromatic heterocycles. The van der Waals surface area contributed by atoms with Crippen LogP contribution in [0.4, 0.5) is 0 Å². The van der Waals surface area contributed by atoms with Crippen LogP contribution in [0.2, 0.25) is 0 Å². The Morgan fingerprint density at radius 2 is 1.43 bits per heavy atom. The van der Waals surface area contributed by atoms with Gasteiger partial charge in [-0.3, -0.25) is 0 Å². The molecule has 78 valence electrons. The van der Waals surface area contributed by atoms with Gasteiger partial charge in [0.1, 0.15) is 6.10 Å². The van der Waals surface area contributed by atoms with Gasteiger partial charge in [-0.05, 0) is 32.3 Å². The van der Waals surface area contributed by atoms with E-state index in [1.54, 1.807) is 6.92 Å². The van der Waals surface area contributed by atoms with Gasteiger partial charge in [-0.2, -0.15) is 0 Å². The van der Waals surface area contributed by atoms with Crippen LogP contribution >= 0.6 is 0 Å². The topological polar surface area (TPSA) is 46.0 Å². The Hall–Kier alpha value is -0.960. The normalized spacial score (nSPS) is 13.4. The van der Waals surface area contributed by atoms with E-state index in [1.165, 1.54) is 5.56 Å². The smallest absolute Gasteiger partial charge is 0.157 e. The van der Waals surface area contributed by atoms with E-state index in [1.807, 2.05) is 13.8 Å². The van der Waals surface area contributed by atoms with Crippen molar-refractivity contribution in [2.45, 2.75) is 46.6 Å². The fraction of sp³-hybridized carbons (Fsp3) is 0.636. The van der Waals surface area contributed by atoms with E-state index in [2.05, 4.69) is 23.8 Å². The molecule has 0 aromatic carbocycles. The lowest BCUT2D eigenvalue weighted by Crippen LogP contribution is -2.08. The lowest BCUT2D eigenvalue weighted by molar-refractivity contribution is 0.188. The predicted molar refractivity (Wildman–Crippen MR) is 56.2 cm³/mol. The summed E-state index contributed by atoms with van der Waals surface area (Å²) in [5, 5.41) is 9.38. The van der Waals surface area contributed by atoms with Crippen LogP contribution in [0.1, 0.15) is 55.6 Å². The summed E-state index contributed by atoms with van der Waals surface area (Å²) in [4.78, 5) is 8.59. The number of aryl methyl sites for hydroxylation is 2. The monoisotopic (exact) mass is 194 g/mol. The number of hydrogen-bond donors (Lipinski definition) is 1.